The smallest absolute Gasteiger partial charge is 0.297 e. The summed E-state index contributed by atoms with van der Waals surface area (Å²) in [7, 11) is -5.55. The highest BCUT2D eigenvalue weighted by atomic mass is 32.2. The van der Waals surface area contributed by atoms with Crippen LogP contribution in [-0.2, 0) is 28.6 Å². The van der Waals surface area contributed by atoms with Crippen molar-refractivity contribution >= 4 is 20.2 Å². The molecule has 3 aromatic carbocycles. The van der Waals surface area contributed by atoms with Crippen LogP contribution in [0.5, 0.6) is 17.2 Å². The molecule has 36 heavy (non-hydrogen) atoms. The molecule has 0 aliphatic carbocycles. The first-order chi connectivity index (χ1) is 17.1. The molecule has 1 atom stereocenters. The van der Waals surface area contributed by atoms with Gasteiger partial charge in [0.15, 0.2) is 11.5 Å². The van der Waals surface area contributed by atoms with Crippen molar-refractivity contribution in [3.05, 3.63) is 77.9 Å². The molecule has 0 bridgehead atoms. The summed E-state index contributed by atoms with van der Waals surface area (Å²) in [6, 6.07) is 17.0. The molecule has 0 spiro atoms. The quantitative estimate of drug-likeness (QED) is 0.318. The number of hydrogen-bond acceptors (Lipinski definition) is 9. The van der Waals surface area contributed by atoms with E-state index in [1.807, 2.05) is 13.8 Å². The van der Waals surface area contributed by atoms with Crippen LogP contribution in [0, 0.1) is 13.8 Å². The molecule has 0 amide bonds. The summed E-state index contributed by atoms with van der Waals surface area (Å²) >= 11 is 0. The SMILES string of the molecule is COc1cccc(OC[C@H](COS(=O)(=O)c2ccc(C)cc2)OS(=O)(=O)c2ccc(C)cc2)c1OC. The summed E-state index contributed by atoms with van der Waals surface area (Å²) in [5.41, 5.74) is 1.74. The fourth-order valence-corrected chi connectivity index (χ4v) is 5.12. The molecule has 0 saturated carbocycles. The van der Waals surface area contributed by atoms with Gasteiger partial charge in [-0.3, -0.25) is 8.37 Å². The van der Waals surface area contributed by atoms with Crippen LogP contribution < -0.4 is 14.2 Å². The molecule has 3 aromatic rings. The van der Waals surface area contributed by atoms with Crippen molar-refractivity contribution in [2.24, 2.45) is 0 Å². The Balaban J connectivity index is 1.83. The van der Waals surface area contributed by atoms with E-state index >= 15 is 0 Å². The minimum Gasteiger partial charge on any atom is -0.493 e. The lowest BCUT2D eigenvalue weighted by Gasteiger charge is -2.20. The zero-order valence-electron chi connectivity index (χ0n) is 20.3. The van der Waals surface area contributed by atoms with E-state index in [2.05, 4.69) is 0 Å². The van der Waals surface area contributed by atoms with Crippen LogP contribution in [0.15, 0.2) is 76.5 Å². The van der Waals surface area contributed by atoms with E-state index in [1.54, 1.807) is 42.5 Å². The van der Waals surface area contributed by atoms with Crippen LogP contribution >= 0.6 is 0 Å². The van der Waals surface area contributed by atoms with Crippen molar-refractivity contribution in [2.45, 2.75) is 29.7 Å². The Labute approximate surface area is 211 Å². The van der Waals surface area contributed by atoms with Crippen LogP contribution in [0.1, 0.15) is 11.1 Å². The molecule has 0 radical (unpaired) electrons. The number of rotatable bonds is 12. The van der Waals surface area contributed by atoms with Crippen LogP contribution in [0.25, 0.3) is 0 Å². The summed E-state index contributed by atoms with van der Waals surface area (Å²) < 4.78 is 78.0. The Bertz CT molecular complexity index is 1370. The standard InChI is InChI=1S/C25H28O9S2/c1-18-8-12-21(13-9-18)35(26,27)33-17-20(34-36(28,29)22-14-10-19(2)11-15-22)16-32-24-7-5-6-23(30-3)25(24)31-4/h5-15,20H,16-17H2,1-4H3/t20-/m1/s1. The van der Waals surface area contributed by atoms with Gasteiger partial charge >= 0.3 is 0 Å². The van der Waals surface area contributed by atoms with E-state index in [0.29, 0.717) is 5.75 Å². The van der Waals surface area contributed by atoms with E-state index < -0.39 is 32.9 Å². The predicted octanol–water partition coefficient (Wildman–Crippen LogP) is 3.88. The van der Waals surface area contributed by atoms with Gasteiger partial charge in [0.1, 0.15) is 12.7 Å². The third-order valence-corrected chi connectivity index (χ3v) is 7.75. The third-order valence-electron chi connectivity index (χ3n) is 5.08. The molecule has 0 aliphatic heterocycles. The Hall–Kier alpha value is -3.12. The van der Waals surface area contributed by atoms with Crippen molar-refractivity contribution in [2.75, 3.05) is 27.4 Å². The lowest BCUT2D eigenvalue weighted by molar-refractivity contribution is 0.0870. The molecule has 0 N–H and O–H groups in total. The van der Waals surface area contributed by atoms with Crippen LogP contribution in [0.2, 0.25) is 0 Å². The molecule has 3 rings (SSSR count). The number of benzene rings is 3. The van der Waals surface area contributed by atoms with Crippen molar-refractivity contribution < 1.29 is 39.4 Å². The maximum atomic E-state index is 12.9. The predicted molar refractivity (Wildman–Crippen MR) is 133 cm³/mol. The minimum atomic E-state index is -4.26. The van der Waals surface area contributed by atoms with Crippen molar-refractivity contribution in [1.82, 2.24) is 0 Å². The van der Waals surface area contributed by atoms with Gasteiger partial charge in [0.2, 0.25) is 5.75 Å². The van der Waals surface area contributed by atoms with Crippen molar-refractivity contribution in [1.29, 1.82) is 0 Å². The maximum Gasteiger partial charge on any atom is 0.297 e. The summed E-state index contributed by atoms with van der Waals surface area (Å²) in [5, 5.41) is 0. The lowest BCUT2D eigenvalue weighted by Crippen LogP contribution is -2.31. The molecule has 11 heteroatoms. The summed E-state index contributed by atoms with van der Waals surface area (Å²) in [5.74, 6) is 0.936. The largest absolute Gasteiger partial charge is 0.493 e. The van der Waals surface area contributed by atoms with Gasteiger partial charge in [-0.05, 0) is 50.2 Å². The van der Waals surface area contributed by atoms with E-state index in [4.69, 9.17) is 22.6 Å². The number of hydrogen-bond donors (Lipinski definition) is 0. The third kappa shape index (κ3) is 6.97. The molecule has 0 saturated heterocycles. The van der Waals surface area contributed by atoms with E-state index in [9.17, 15) is 16.8 Å². The van der Waals surface area contributed by atoms with E-state index in [1.165, 1.54) is 38.5 Å². The van der Waals surface area contributed by atoms with E-state index in [0.717, 1.165) is 11.1 Å². The number of methoxy groups -OCH3 is 2. The van der Waals surface area contributed by atoms with Gasteiger partial charge in [0.25, 0.3) is 20.2 Å². The topological polar surface area (TPSA) is 114 Å². The zero-order chi connectivity index (χ0) is 26.3. The minimum absolute atomic E-state index is 0.0661. The highest BCUT2D eigenvalue weighted by Gasteiger charge is 2.26. The molecule has 9 nitrogen and oxygen atoms in total. The van der Waals surface area contributed by atoms with Gasteiger partial charge < -0.3 is 14.2 Å². The highest BCUT2D eigenvalue weighted by Crippen LogP contribution is 2.36. The zero-order valence-corrected chi connectivity index (χ0v) is 22.0. The number of aryl methyl sites for hydroxylation is 2. The molecular formula is C25H28O9S2. The van der Waals surface area contributed by atoms with Gasteiger partial charge in [0.05, 0.1) is 30.6 Å². The van der Waals surface area contributed by atoms with Crippen LogP contribution in [0.4, 0.5) is 0 Å². The number of ether oxygens (including phenoxy) is 3. The second kappa shape index (κ2) is 11.7. The second-order valence-electron chi connectivity index (χ2n) is 7.84. The van der Waals surface area contributed by atoms with Gasteiger partial charge in [0, 0.05) is 0 Å². The highest BCUT2D eigenvalue weighted by molar-refractivity contribution is 7.87. The van der Waals surface area contributed by atoms with E-state index in [-0.39, 0.29) is 27.9 Å². The van der Waals surface area contributed by atoms with Crippen LogP contribution in [-0.4, -0.2) is 50.4 Å². The first-order valence-electron chi connectivity index (χ1n) is 10.9. The average Bonchev–Trinajstić information content (AvgIpc) is 2.85. The molecular weight excluding hydrogens is 508 g/mol. The number of para-hydroxylation sites is 1. The fraction of sp³-hybridized carbons (Fsp3) is 0.280. The maximum absolute atomic E-state index is 12.9. The first-order valence-corrected chi connectivity index (χ1v) is 13.7. The fourth-order valence-electron chi connectivity index (χ4n) is 3.14. The van der Waals surface area contributed by atoms with Gasteiger partial charge in [-0.25, -0.2) is 0 Å². The summed E-state index contributed by atoms with van der Waals surface area (Å²) in [6.07, 6.45) is -1.31. The lowest BCUT2D eigenvalue weighted by atomic mass is 10.2. The summed E-state index contributed by atoms with van der Waals surface area (Å²) in [4.78, 5) is -0.151. The van der Waals surface area contributed by atoms with Gasteiger partial charge in [-0.15, -0.1) is 0 Å². The Morgan fingerprint density at radius 2 is 1.19 bits per heavy atom. The molecule has 0 aliphatic rings. The molecule has 0 unspecified atom stereocenters. The molecule has 0 aromatic heterocycles. The van der Waals surface area contributed by atoms with Crippen molar-refractivity contribution in [3.63, 3.8) is 0 Å². The van der Waals surface area contributed by atoms with Gasteiger partial charge in [-0.1, -0.05) is 41.5 Å². The summed E-state index contributed by atoms with van der Waals surface area (Å²) in [6.45, 7) is 2.66. The molecule has 0 fully saturated rings. The second-order valence-corrected chi connectivity index (χ2v) is 11.0. The Morgan fingerprint density at radius 3 is 1.72 bits per heavy atom. The molecule has 0 heterocycles. The van der Waals surface area contributed by atoms with Crippen LogP contribution in [0.3, 0.4) is 0 Å². The average molecular weight is 537 g/mol. The van der Waals surface area contributed by atoms with Gasteiger partial charge in [-0.2, -0.15) is 16.8 Å². The molecule has 194 valence electrons. The Morgan fingerprint density at radius 1 is 0.667 bits per heavy atom. The van der Waals surface area contributed by atoms with Crippen molar-refractivity contribution in [3.8, 4) is 17.2 Å². The first kappa shape index (κ1) is 27.5. The normalized spacial score (nSPS) is 12.7. The monoisotopic (exact) mass is 536 g/mol. The Kier molecular flexibility index (Phi) is 8.96.